The zero-order valence-electron chi connectivity index (χ0n) is 10.8. The predicted octanol–water partition coefficient (Wildman–Crippen LogP) is 2.31. The van der Waals surface area contributed by atoms with E-state index in [4.69, 9.17) is 11.6 Å². The van der Waals surface area contributed by atoms with Gasteiger partial charge < -0.3 is 4.74 Å². The fourth-order valence-corrected chi connectivity index (χ4v) is 1.85. The molecule has 0 aliphatic rings. The van der Waals surface area contributed by atoms with Gasteiger partial charge in [0.15, 0.2) is 5.78 Å². The molecular formula is C12H15ClN2O3. The van der Waals surface area contributed by atoms with Gasteiger partial charge in [0.2, 0.25) is 0 Å². The van der Waals surface area contributed by atoms with Gasteiger partial charge in [0.05, 0.1) is 18.4 Å². The third-order valence-electron chi connectivity index (χ3n) is 2.36. The molecule has 1 aromatic heterocycles. The van der Waals surface area contributed by atoms with Crippen LogP contribution in [0.4, 0.5) is 0 Å². The second-order valence-electron chi connectivity index (χ2n) is 4.15. The topological polar surface area (TPSA) is 69.2 Å². The quantitative estimate of drug-likeness (QED) is 0.363. The van der Waals surface area contributed by atoms with Gasteiger partial charge in [-0.05, 0) is 12.8 Å². The number of halogens is 1. The van der Waals surface area contributed by atoms with Crippen LogP contribution in [0.3, 0.4) is 0 Å². The number of ether oxygens (including phenoxy) is 1. The summed E-state index contributed by atoms with van der Waals surface area (Å²) in [6.07, 6.45) is -0.359. The smallest absolute Gasteiger partial charge is 0.313 e. The molecule has 0 bridgehead atoms. The molecule has 1 aromatic rings. The first-order chi connectivity index (χ1) is 8.36. The second kappa shape index (κ2) is 5.91. The van der Waals surface area contributed by atoms with E-state index < -0.39 is 11.8 Å². The van der Waals surface area contributed by atoms with Crippen LogP contribution in [0.25, 0.3) is 0 Å². The molecule has 0 saturated carbocycles. The molecule has 1 heterocycles. The van der Waals surface area contributed by atoms with Crippen molar-refractivity contribution < 1.29 is 14.3 Å². The van der Waals surface area contributed by atoms with E-state index in [1.165, 1.54) is 7.11 Å². The van der Waals surface area contributed by atoms with E-state index in [0.29, 0.717) is 11.5 Å². The third-order valence-corrected chi connectivity index (χ3v) is 2.64. The Morgan fingerprint density at radius 3 is 2.44 bits per heavy atom. The fourth-order valence-electron chi connectivity index (χ4n) is 1.53. The summed E-state index contributed by atoms with van der Waals surface area (Å²) in [5.74, 6) is -0.513. The molecule has 0 aromatic carbocycles. The Balaban J connectivity index is 3.22. The van der Waals surface area contributed by atoms with E-state index in [-0.39, 0.29) is 23.1 Å². The molecule has 0 N–H and O–H groups in total. The predicted molar refractivity (Wildman–Crippen MR) is 66.8 cm³/mol. The standard InChI is InChI=1S/C12H15ClN2O3/c1-6(2)11-10(8(16)5-9(17)18-4)12(13)15-7(3)14-11/h6H,5H2,1-4H3. The van der Waals surface area contributed by atoms with Crippen molar-refractivity contribution in [3.05, 3.63) is 22.2 Å². The molecule has 0 amide bonds. The summed E-state index contributed by atoms with van der Waals surface area (Å²) in [6, 6.07) is 0. The number of ketones is 1. The molecule has 0 unspecified atom stereocenters. The highest BCUT2D eigenvalue weighted by atomic mass is 35.5. The second-order valence-corrected chi connectivity index (χ2v) is 4.51. The Labute approximate surface area is 111 Å². The van der Waals surface area contributed by atoms with Gasteiger partial charge in [-0.1, -0.05) is 25.4 Å². The molecule has 18 heavy (non-hydrogen) atoms. The number of Topliss-reactive ketones (excluding diaryl/α,β-unsaturated/α-hetero) is 1. The van der Waals surface area contributed by atoms with E-state index in [0.717, 1.165) is 0 Å². The lowest BCUT2D eigenvalue weighted by molar-refractivity contribution is -0.139. The van der Waals surface area contributed by atoms with Crippen molar-refractivity contribution in [3.8, 4) is 0 Å². The first-order valence-electron chi connectivity index (χ1n) is 5.50. The van der Waals surface area contributed by atoms with Crippen LogP contribution in [0.2, 0.25) is 5.15 Å². The van der Waals surface area contributed by atoms with Gasteiger partial charge in [-0.3, -0.25) is 9.59 Å². The first kappa shape index (κ1) is 14.6. The number of carbonyl (C=O) groups excluding carboxylic acids is 2. The maximum atomic E-state index is 12.0. The normalized spacial score (nSPS) is 10.6. The summed E-state index contributed by atoms with van der Waals surface area (Å²) in [7, 11) is 1.23. The summed E-state index contributed by atoms with van der Waals surface area (Å²) >= 11 is 5.98. The molecule has 0 spiro atoms. The zero-order valence-corrected chi connectivity index (χ0v) is 11.5. The zero-order chi connectivity index (χ0) is 13.9. The van der Waals surface area contributed by atoms with Gasteiger partial charge in [-0.25, -0.2) is 9.97 Å². The summed E-state index contributed by atoms with van der Waals surface area (Å²) < 4.78 is 4.46. The lowest BCUT2D eigenvalue weighted by Gasteiger charge is -2.12. The van der Waals surface area contributed by atoms with Gasteiger partial charge in [-0.15, -0.1) is 0 Å². The Morgan fingerprint density at radius 2 is 1.94 bits per heavy atom. The van der Waals surface area contributed by atoms with Crippen molar-refractivity contribution in [1.82, 2.24) is 9.97 Å². The number of carbonyl (C=O) groups is 2. The van der Waals surface area contributed by atoms with E-state index in [1.54, 1.807) is 6.92 Å². The van der Waals surface area contributed by atoms with Crippen molar-refractivity contribution in [2.45, 2.75) is 33.1 Å². The largest absolute Gasteiger partial charge is 0.469 e. The maximum Gasteiger partial charge on any atom is 0.313 e. The number of esters is 1. The van der Waals surface area contributed by atoms with Crippen LogP contribution >= 0.6 is 11.6 Å². The highest BCUT2D eigenvalue weighted by Crippen LogP contribution is 2.24. The lowest BCUT2D eigenvalue weighted by atomic mass is 10.0. The van der Waals surface area contributed by atoms with Crippen LogP contribution in [-0.2, 0) is 9.53 Å². The van der Waals surface area contributed by atoms with Crippen molar-refractivity contribution in [1.29, 1.82) is 0 Å². The number of aryl methyl sites for hydroxylation is 1. The van der Waals surface area contributed by atoms with Gasteiger partial charge >= 0.3 is 5.97 Å². The number of methoxy groups -OCH3 is 1. The van der Waals surface area contributed by atoms with Crippen LogP contribution in [0, 0.1) is 6.92 Å². The number of hydrogen-bond acceptors (Lipinski definition) is 5. The molecule has 6 heteroatoms. The van der Waals surface area contributed by atoms with Crippen LogP contribution in [0.15, 0.2) is 0 Å². The molecular weight excluding hydrogens is 256 g/mol. The van der Waals surface area contributed by atoms with Crippen molar-refractivity contribution in [3.63, 3.8) is 0 Å². The molecule has 98 valence electrons. The Bertz CT molecular complexity index is 486. The van der Waals surface area contributed by atoms with Gasteiger partial charge in [0.25, 0.3) is 0 Å². The number of aromatic nitrogens is 2. The van der Waals surface area contributed by atoms with Crippen molar-refractivity contribution in [2.75, 3.05) is 7.11 Å². The lowest BCUT2D eigenvalue weighted by Crippen LogP contribution is -2.15. The summed E-state index contributed by atoms with van der Waals surface area (Å²) in [5, 5.41) is 0.0834. The number of hydrogen-bond donors (Lipinski definition) is 0. The van der Waals surface area contributed by atoms with Crippen LogP contribution < -0.4 is 0 Å². The first-order valence-corrected chi connectivity index (χ1v) is 5.88. The Kier molecular flexibility index (Phi) is 4.78. The van der Waals surface area contributed by atoms with Crippen LogP contribution in [-0.4, -0.2) is 28.8 Å². The average Bonchev–Trinajstić information content (AvgIpc) is 2.27. The minimum Gasteiger partial charge on any atom is -0.469 e. The summed E-state index contributed by atoms with van der Waals surface area (Å²) in [6.45, 7) is 5.49. The highest BCUT2D eigenvalue weighted by Gasteiger charge is 2.23. The van der Waals surface area contributed by atoms with Crippen molar-refractivity contribution in [2.24, 2.45) is 0 Å². The maximum absolute atomic E-state index is 12.0. The van der Waals surface area contributed by atoms with Crippen LogP contribution in [0.1, 0.15) is 48.1 Å². The van der Waals surface area contributed by atoms with Gasteiger partial charge in [0.1, 0.15) is 17.4 Å². The molecule has 0 aliphatic heterocycles. The van der Waals surface area contributed by atoms with Crippen molar-refractivity contribution >= 4 is 23.4 Å². The number of rotatable bonds is 4. The molecule has 0 atom stereocenters. The summed E-state index contributed by atoms with van der Waals surface area (Å²) in [4.78, 5) is 31.3. The Hall–Kier alpha value is -1.49. The fraction of sp³-hybridized carbons (Fsp3) is 0.500. The molecule has 5 nitrogen and oxygen atoms in total. The molecule has 0 radical (unpaired) electrons. The van der Waals surface area contributed by atoms with E-state index >= 15 is 0 Å². The monoisotopic (exact) mass is 270 g/mol. The molecule has 0 fully saturated rings. The Morgan fingerprint density at radius 1 is 1.33 bits per heavy atom. The van der Waals surface area contributed by atoms with Gasteiger partial charge in [0, 0.05) is 0 Å². The van der Waals surface area contributed by atoms with E-state index in [1.807, 2.05) is 13.8 Å². The third kappa shape index (κ3) is 3.26. The average molecular weight is 271 g/mol. The molecule has 0 saturated heterocycles. The molecule has 1 rings (SSSR count). The highest BCUT2D eigenvalue weighted by molar-refractivity contribution is 6.33. The minimum atomic E-state index is -0.605. The van der Waals surface area contributed by atoms with Crippen LogP contribution in [0.5, 0.6) is 0 Å². The van der Waals surface area contributed by atoms with E-state index in [9.17, 15) is 9.59 Å². The van der Waals surface area contributed by atoms with E-state index in [2.05, 4.69) is 14.7 Å². The SMILES string of the molecule is COC(=O)CC(=O)c1c(Cl)nc(C)nc1C(C)C. The molecule has 0 aliphatic carbocycles. The number of nitrogens with zero attached hydrogens (tertiary/aromatic N) is 2. The van der Waals surface area contributed by atoms with Gasteiger partial charge in [-0.2, -0.15) is 0 Å². The summed E-state index contributed by atoms with van der Waals surface area (Å²) in [5.41, 5.74) is 0.768. The minimum absolute atomic E-state index is 0.0146.